The van der Waals surface area contributed by atoms with Gasteiger partial charge in [0, 0.05) is 6.04 Å². The van der Waals surface area contributed by atoms with E-state index >= 15 is 0 Å². The van der Waals surface area contributed by atoms with Gasteiger partial charge >= 0.3 is 0 Å². The Labute approximate surface area is 125 Å². The first-order valence-electron chi connectivity index (χ1n) is 7.43. The van der Waals surface area contributed by atoms with Gasteiger partial charge in [0.2, 0.25) is 0 Å². The summed E-state index contributed by atoms with van der Waals surface area (Å²) in [7, 11) is 0. The van der Waals surface area contributed by atoms with Crippen molar-refractivity contribution in [3.05, 3.63) is 46.5 Å². The van der Waals surface area contributed by atoms with Gasteiger partial charge in [-0.15, -0.1) is 5.10 Å². The summed E-state index contributed by atoms with van der Waals surface area (Å²) in [5.74, 6) is 0. The van der Waals surface area contributed by atoms with Crippen molar-refractivity contribution >= 4 is 11.5 Å². The normalized spacial score (nSPS) is 12.5. The predicted molar refractivity (Wildman–Crippen MR) is 85.1 cm³/mol. The summed E-state index contributed by atoms with van der Waals surface area (Å²) in [4.78, 5) is 1.32. The fourth-order valence-corrected chi connectivity index (χ4v) is 3.30. The van der Waals surface area contributed by atoms with Crippen molar-refractivity contribution < 1.29 is 0 Å². The first kappa shape index (κ1) is 15.1. The van der Waals surface area contributed by atoms with Gasteiger partial charge < -0.3 is 5.32 Å². The highest BCUT2D eigenvalue weighted by atomic mass is 32.1. The van der Waals surface area contributed by atoms with Crippen LogP contribution in [-0.4, -0.2) is 16.1 Å². The van der Waals surface area contributed by atoms with Crippen LogP contribution in [0.3, 0.4) is 0 Å². The summed E-state index contributed by atoms with van der Waals surface area (Å²) in [5, 5.41) is 7.81. The predicted octanol–water partition coefficient (Wildman–Crippen LogP) is 3.77. The molecule has 108 valence electrons. The van der Waals surface area contributed by atoms with Crippen LogP contribution in [0, 0.1) is 0 Å². The zero-order valence-corrected chi connectivity index (χ0v) is 13.1. The van der Waals surface area contributed by atoms with E-state index < -0.39 is 0 Å². The molecule has 1 N–H and O–H groups in total. The SMILES string of the molecule is CCNC(CCCc1ccccc1)c1snnc1CC. The highest BCUT2D eigenvalue weighted by molar-refractivity contribution is 7.05. The fourth-order valence-electron chi connectivity index (χ4n) is 2.45. The lowest BCUT2D eigenvalue weighted by molar-refractivity contribution is 0.501. The molecular weight excluding hydrogens is 266 g/mol. The highest BCUT2D eigenvalue weighted by Crippen LogP contribution is 2.25. The smallest absolute Gasteiger partial charge is 0.0800 e. The Bertz CT molecular complexity index is 495. The van der Waals surface area contributed by atoms with Crippen molar-refractivity contribution in [3.63, 3.8) is 0 Å². The summed E-state index contributed by atoms with van der Waals surface area (Å²) < 4.78 is 4.11. The number of aryl methyl sites for hydroxylation is 2. The third kappa shape index (κ3) is 4.12. The number of hydrogen-bond acceptors (Lipinski definition) is 4. The van der Waals surface area contributed by atoms with E-state index in [-0.39, 0.29) is 0 Å². The number of rotatable bonds is 8. The van der Waals surface area contributed by atoms with Crippen molar-refractivity contribution in [1.82, 2.24) is 14.9 Å². The van der Waals surface area contributed by atoms with Crippen LogP contribution in [0.15, 0.2) is 30.3 Å². The molecule has 0 spiro atoms. The van der Waals surface area contributed by atoms with Gasteiger partial charge in [-0.3, -0.25) is 0 Å². The van der Waals surface area contributed by atoms with Gasteiger partial charge in [0.05, 0.1) is 10.6 Å². The molecule has 0 aliphatic heterocycles. The number of benzene rings is 1. The third-order valence-electron chi connectivity index (χ3n) is 3.49. The molecule has 3 nitrogen and oxygen atoms in total. The van der Waals surface area contributed by atoms with Crippen LogP contribution in [-0.2, 0) is 12.8 Å². The molecule has 1 aromatic heterocycles. The first-order valence-corrected chi connectivity index (χ1v) is 8.20. The summed E-state index contributed by atoms with van der Waals surface area (Å²) in [6, 6.07) is 11.1. The molecule has 0 radical (unpaired) electrons. The monoisotopic (exact) mass is 289 g/mol. The van der Waals surface area contributed by atoms with Gasteiger partial charge in [-0.05, 0) is 49.3 Å². The Morgan fingerprint density at radius 3 is 2.70 bits per heavy atom. The van der Waals surface area contributed by atoms with E-state index in [1.54, 1.807) is 11.5 Å². The van der Waals surface area contributed by atoms with Gasteiger partial charge in [0.15, 0.2) is 0 Å². The van der Waals surface area contributed by atoms with Crippen LogP contribution < -0.4 is 5.32 Å². The van der Waals surface area contributed by atoms with Gasteiger partial charge in [0.1, 0.15) is 0 Å². The largest absolute Gasteiger partial charge is 0.309 e. The van der Waals surface area contributed by atoms with Crippen molar-refractivity contribution in [2.75, 3.05) is 6.54 Å². The van der Waals surface area contributed by atoms with Gasteiger partial charge in [0.25, 0.3) is 0 Å². The lowest BCUT2D eigenvalue weighted by Gasteiger charge is -2.16. The molecule has 0 aliphatic carbocycles. The molecule has 1 atom stereocenters. The Kier molecular flexibility index (Phi) is 6.15. The van der Waals surface area contributed by atoms with E-state index in [9.17, 15) is 0 Å². The molecule has 2 aromatic rings. The fraction of sp³-hybridized carbons (Fsp3) is 0.500. The van der Waals surface area contributed by atoms with Crippen molar-refractivity contribution in [3.8, 4) is 0 Å². The molecule has 0 aliphatic rings. The van der Waals surface area contributed by atoms with Gasteiger partial charge in [-0.25, -0.2) is 0 Å². The van der Waals surface area contributed by atoms with Crippen LogP contribution in [0.5, 0.6) is 0 Å². The van der Waals surface area contributed by atoms with Crippen LogP contribution >= 0.6 is 11.5 Å². The Balaban J connectivity index is 1.93. The van der Waals surface area contributed by atoms with E-state index in [1.165, 1.54) is 16.9 Å². The molecule has 1 aromatic carbocycles. The van der Waals surface area contributed by atoms with E-state index in [2.05, 4.69) is 59.1 Å². The van der Waals surface area contributed by atoms with E-state index in [0.717, 1.165) is 31.5 Å². The average molecular weight is 289 g/mol. The van der Waals surface area contributed by atoms with Crippen LogP contribution in [0.1, 0.15) is 48.9 Å². The lowest BCUT2D eigenvalue weighted by atomic mass is 10.0. The third-order valence-corrected chi connectivity index (χ3v) is 4.37. The molecule has 4 heteroatoms. The number of nitrogens with one attached hydrogen (secondary N) is 1. The molecular formula is C16H23N3S. The second kappa shape index (κ2) is 8.12. The summed E-state index contributed by atoms with van der Waals surface area (Å²) >= 11 is 1.54. The quantitative estimate of drug-likeness (QED) is 0.804. The van der Waals surface area contributed by atoms with Crippen LogP contribution in [0.25, 0.3) is 0 Å². The zero-order valence-electron chi connectivity index (χ0n) is 12.3. The minimum atomic E-state index is 0.402. The second-order valence-corrected chi connectivity index (χ2v) is 5.71. The molecule has 0 bridgehead atoms. The number of nitrogens with zero attached hydrogens (tertiary/aromatic N) is 2. The Morgan fingerprint density at radius 1 is 1.20 bits per heavy atom. The molecule has 0 saturated heterocycles. The summed E-state index contributed by atoms with van der Waals surface area (Å²) in [6.07, 6.45) is 4.42. The molecule has 0 amide bonds. The highest BCUT2D eigenvalue weighted by Gasteiger charge is 2.17. The van der Waals surface area contributed by atoms with Crippen molar-refractivity contribution in [2.45, 2.75) is 45.6 Å². The minimum absolute atomic E-state index is 0.402. The summed E-state index contributed by atoms with van der Waals surface area (Å²) in [5.41, 5.74) is 2.57. The maximum Gasteiger partial charge on any atom is 0.0800 e. The molecule has 20 heavy (non-hydrogen) atoms. The topological polar surface area (TPSA) is 37.8 Å². The lowest BCUT2D eigenvalue weighted by Crippen LogP contribution is -2.21. The Morgan fingerprint density at radius 2 is 2.00 bits per heavy atom. The van der Waals surface area contributed by atoms with Crippen LogP contribution in [0.4, 0.5) is 0 Å². The van der Waals surface area contributed by atoms with Crippen molar-refractivity contribution in [2.24, 2.45) is 0 Å². The van der Waals surface area contributed by atoms with E-state index in [4.69, 9.17) is 0 Å². The number of hydrogen-bond donors (Lipinski definition) is 1. The maximum absolute atomic E-state index is 4.23. The van der Waals surface area contributed by atoms with Crippen molar-refractivity contribution in [1.29, 1.82) is 0 Å². The number of aromatic nitrogens is 2. The zero-order chi connectivity index (χ0) is 14.2. The molecule has 2 rings (SSSR count). The van der Waals surface area contributed by atoms with E-state index in [0.29, 0.717) is 6.04 Å². The standard InChI is InChI=1S/C16H23N3S/c1-3-14-16(20-19-18-14)15(17-4-2)12-8-11-13-9-6-5-7-10-13/h5-7,9-10,15,17H,3-4,8,11-12H2,1-2H3. The van der Waals surface area contributed by atoms with Gasteiger partial charge in [-0.1, -0.05) is 48.7 Å². The first-order chi connectivity index (χ1) is 9.85. The second-order valence-electron chi connectivity index (χ2n) is 4.93. The Hall–Kier alpha value is -1.26. The molecule has 0 fully saturated rings. The average Bonchev–Trinajstić information content (AvgIpc) is 2.96. The summed E-state index contributed by atoms with van der Waals surface area (Å²) in [6.45, 7) is 5.29. The molecule has 1 heterocycles. The van der Waals surface area contributed by atoms with Crippen LogP contribution in [0.2, 0.25) is 0 Å². The minimum Gasteiger partial charge on any atom is -0.309 e. The maximum atomic E-state index is 4.23. The van der Waals surface area contributed by atoms with Gasteiger partial charge in [-0.2, -0.15) is 0 Å². The van der Waals surface area contributed by atoms with E-state index in [1.807, 2.05) is 0 Å². The molecule has 0 saturated carbocycles. The molecule has 1 unspecified atom stereocenters.